The fraction of sp³-hybridized carbons (Fsp3) is 0.409. The first-order valence-electron chi connectivity index (χ1n) is 9.80. The molecule has 0 unspecified atom stereocenters. The fourth-order valence-corrected chi connectivity index (χ4v) is 3.39. The Hall–Kier alpha value is -2.73. The number of aryl methyl sites for hydroxylation is 2. The third kappa shape index (κ3) is 5.63. The molecule has 1 aromatic heterocycles. The minimum Gasteiger partial charge on any atom is -0.348 e. The normalized spacial score (nSPS) is 15.2. The first-order chi connectivity index (χ1) is 13.5. The Bertz CT molecular complexity index is 815. The third-order valence-electron chi connectivity index (χ3n) is 5.34. The molecule has 0 radical (unpaired) electrons. The maximum atomic E-state index is 12.1. The second-order valence-corrected chi connectivity index (χ2v) is 7.50. The minimum absolute atomic E-state index is 0.401. The van der Waals surface area contributed by atoms with Crippen LogP contribution in [0.1, 0.15) is 29.7 Å². The van der Waals surface area contributed by atoms with Gasteiger partial charge in [0.25, 0.3) is 0 Å². The molecule has 0 atom stereocenters. The molecule has 3 rings (SSSR count). The molecule has 6 nitrogen and oxygen atoms in total. The van der Waals surface area contributed by atoms with Crippen molar-refractivity contribution >= 4 is 17.5 Å². The van der Waals surface area contributed by atoms with E-state index in [-0.39, 0.29) is 0 Å². The van der Waals surface area contributed by atoms with Gasteiger partial charge in [-0.25, -0.2) is 0 Å². The number of amides is 2. The van der Waals surface area contributed by atoms with E-state index in [4.69, 9.17) is 0 Å². The smallest absolute Gasteiger partial charge is 0.313 e. The molecule has 0 saturated carbocycles. The second-order valence-electron chi connectivity index (χ2n) is 7.50. The summed E-state index contributed by atoms with van der Waals surface area (Å²) in [5, 5.41) is 5.45. The highest BCUT2D eigenvalue weighted by Crippen LogP contribution is 2.18. The lowest BCUT2D eigenvalue weighted by Crippen LogP contribution is -2.41. The van der Waals surface area contributed by atoms with Crippen molar-refractivity contribution in [3.63, 3.8) is 0 Å². The van der Waals surface area contributed by atoms with Gasteiger partial charge in [0.2, 0.25) is 0 Å². The van der Waals surface area contributed by atoms with Gasteiger partial charge in [-0.2, -0.15) is 0 Å². The van der Waals surface area contributed by atoms with Crippen molar-refractivity contribution in [1.82, 2.24) is 15.2 Å². The molecule has 1 aliphatic heterocycles. The Morgan fingerprint density at radius 3 is 2.54 bits per heavy atom. The van der Waals surface area contributed by atoms with E-state index in [2.05, 4.69) is 20.5 Å². The van der Waals surface area contributed by atoms with E-state index in [1.165, 1.54) is 0 Å². The molecule has 1 saturated heterocycles. The van der Waals surface area contributed by atoms with Gasteiger partial charge >= 0.3 is 11.8 Å². The Morgan fingerprint density at radius 2 is 1.86 bits per heavy atom. The highest BCUT2D eigenvalue weighted by Gasteiger charge is 2.21. The number of anilines is 1. The maximum absolute atomic E-state index is 12.1. The van der Waals surface area contributed by atoms with E-state index >= 15 is 0 Å². The number of benzene rings is 1. The number of aromatic nitrogens is 1. The quantitative estimate of drug-likeness (QED) is 0.782. The van der Waals surface area contributed by atoms with Crippen LogP contribution in [0.4, 0.5) is 5.69 Å². The highest BCUT2D eigenvalue weighted by atomic mass is 16.2. The van der Waals surface area contributed by atoms with E-state index in [1.807, 2.05) is 56.4 Å². The van der Waals surface area contributed by atoms with E-state index in [0.717, 1.165) is 49.3 Å². The molecule has 0 bridgehead atoms. The van der Waals surface area contributed by atoms with E-state index in [0.29, 0.717) is 18.2 Å². The average molecular weight is 380 g/mol. The molecular weight excluding hydrogens is 352 g/mol. The van der Waals surface area contributed by atoms with Gasteiger partial charge in [0.05, 0.1) is 5.69 Å². The van der Waals surface area contributed by atoms with Gasteiger partial charge in [0, 0.05) is 25.0 Å². The molecule has 2 amide bonds. The average Bonchev–Trinajstić information content (AvgIpc) is 2.71. The summed E-state index contributed by atoms with van der Waals surface area (Å²) in [6.45, 7) is 7.34. The molecule has 2 N–H and O–H groups in total. The summed E-state index contributed by atoms with van der Waals surface area (Å²) in [7, 11) is 0. The zero-order valence-corrected chi connectivity index (χ0v) is 16.6. The largest absolute Gasteiger partial charge is 0.348 e. The zero-order chi connectivity index (χ0) is 19.9. The van der Waals surface area contributed by atoms with Crippen LogP contribution in [0.2, 0.25) is 0 Å². The van der Waals surface area contributed by atoms with Crippen LogP contribution in [0.3, 0.4) is 0 Å². The van der Waals surface area contributed by atoms with E-state index in [9.17, 15) is 9.59 Å². The Balaban J connectivity index is 1.39. The van der Waals surface area contributed by atoms with Gasteiger partial charge in [-0.1, -0.05) is 12.1 Å². The number of nitrogens with zero attached hydrogens (tertiary/aromatic N) is 2. The summed E-state index contributed by atoms with van der Waals surface area (Å²) < 4.78 is 0. The van der Waals surface area contributed by atoms with Gasteiger partial charge in [0.15, 0.2) is 0 Å². The molecule has 0 aliphatic carbocycles. The summed E-state index contributed by atoms with van der Waals surface area (Å²) in [5.41, 5.74) is 3.95. The first-order valence-corrected chi connectivity index (χ1v) is 9.80. The molecule has 2 aromatic rings. The SMILES string of the molecule is Cc1ccc(NC(=O)C(=O)NCC2CCN(Cc3ccccn3)CC2)cc1C. The molecule has 1 fully saturated rings. The zero-order valence-electron chi connectivity index (χ0n) is 16.6. The van der Waals surface area contributed by atoms with Crippen LogP contribution in [-0.2, 0) is 16.1 Å². The van der Waals surface area contributed by atoms with Crippen LogP contribution in [0.25, 0.3) is 0 Å². The highest BCUT2D eigenvalue weighted by molar-refractivity contribution is 6.39. The standard InChI is InChI=1S/C22H28N4O2/c1-16-6-7-19(13-17(16)2)25-22(28)21(27)24-14-18-8-11-26(12-9-18)15-20-5-3-4-10-23-20/h3-7,10,13,18H,8-9,11-12,14-15H2,1-2H3,(H,24,27)(H,25,28). The van der Waals surface area contributed by atoms with Crippen molar-refractivity contribution in [3.05, 3.63) is 59.4 Å². The van der Waals surface area contributed by atoms with Gasteiger partial charge in [-0.05, 0) is 81.1 Å². The lowest BCUT2D eigenvalue weighted by atomic mass is 9.96. The van der Waals surface area contributed by atoms with Crippen molar-refractivity contribution in [2.75, 3.05) is 25.0 Å². The minimum atomic E-state index is -0.615. The maximum Gasteiger partial charge on any atom is 0.313 e. The number of hydrogen-bond donors (Lipinski definition) is 2. The monoisotopic (exact) mass is 380 g/mol. The van der Waals surface area contributed by atoms with Crippen LogP contribution in [-0.4, -0.2) is 41.3 Å². The number of hydrogen-bond acceptors (Lipinski definition) is 4. The number of rotatable bonds is 5. The molecule has 1 aromatic carbocycles. The van der Waals surface area contributed by atoms with Crippen LogP contribution < -0.4 is 10.6 Å². The van der Waals surface area contributed by atoms with Crippen molar-refractivity contribution in [3.8, 4) is 0 Å². The fourth-order valence-electron chi connectivity index (χ4n) is 3.39. The van der Waals surface area contributed by atoms with Crippen LogP contribution in [0, 0.1) is 19.8 Å². The van der Waals surface area contributed by atoms with Gasteiger partial charge in [-0.3, -0.25) is 19.5 Å². The van der Waals surface area contributed by atoms with Gasteiger partial charge < -0.3 is 10.6 Å². The number of likely N-dealkylation sites (tertiary alicyclic amines) is 1. The molecular formula is C22H28N4O2. The number of pyridine rings is 1. The number of carbonyl (C=O) groups excluding carboxylic acids is 2. The molecule has 2 heterocycles. The van der Waals surface area contributed by atoms with Crippen molar-refractivity contribution in [2.24, 2.45) is 5.92 Å². The molecule has 1 aliphatic rings. The van der Waals surface area contributed by atoms with Crippen LogP contribution in [0.15, 0.2) is 42.6 Å². The van der Waals surface area contributed by atoms with Gasteiger partial charge in [0.1, 0.15) is 0 Å². The Labute approximate surface area is 166 Å². The Morgan fingerprint density at radius 1 is 1.07 bits per heavy atom. The van der Waals surface area contributed by atoms with Gasteiger partial charge in [-0.15, -0.1) is 0 Å². The third-order valence-corrected chi connectivity index (χ3v) is 5.34. The second kappa shape index (κ2) is 9.46. The summed E-state index contributed by atoms with van der Waals surface area (Å²) in [4.78, 5) is 31.0. The number of piperidine rings is 1. The van der Waals surface area contributed by atoms with Crippen LogP contribution >= 0.6 is 0 Å². The molecule has 6 heteroatoms. The van der Waals surface area contributed by atoms with Crippen LogP contribution in [0.5, 0.6) is 0 Å². The summed E-state index contributed by atoms with van der Waals surface area (Å²) >= 11 is 0. The summed E-state index contributed by atoms with van der Waals surface area (Å²) in [5.74, 6) is -0.789. The lowest BCUT2D eigenvalue weighted by Gasteiger charge is -2.31. The summed E-state index contributed by atoms with van der Waals surface area (Å²) in [6.07, 6.45) is 3.83. The molecule has 0 spiro atoms. The predicted molar refractivity (Wildman–Crippen MR) is 110 cm³/mol. The summed E-state index contributed by atoms with van der Waals surface area (Å²) in [6, 6.07) is 11.6. The van der Waals surface area contributed by atoms with E-state index in [1.54, 1.807) is 0 Å². The molecule has 148 valence electrons. The predicted octanol–water partition coefficient (Wildman–Crippen LogP) is 2.67. The van der Waals surface area contributed by atoms with E-state index < -0.39 is 11.8 Å². The lowest BCUT2D eigenvalue weighted by molar-refractivity contribution is -0.136. The van der Waals surface area contributed by atoms with Crippen molar-refractivity contribution < 1.29 is 9.59 Å². The molecule has 28 heavy (non-hydrogen) atoms. The number of nitrogens with one attached hydrogen (secondary N) is 2. The van der Waals surface area contributed by atoms with Crippen molar-refractivity contribution in [2.45, 2.75) is 33.2 Å². The van der Waals surface area contributed by atoms with Crippen molar-refractivity contribution in [1.29, 1.82) is 0 Å². The topological polar surface area (TPSA) is 74.3 Å². The number of carbonyl (C=O) groups is 2. The Kier molecular flexibility index (Phi) is 6.76. The first kappa shape index (κ1) is 20.0.